The number of hydrogen-bond acceptors (Lipinski definition) is 5. The molecule has 0 atom stereocenters. The summed E-state index contributed by atoms with van der Waals surface area (Å²) in [6, 6.07) is 3.78. The van der Waals surface area contributed by atoms with E-state index in [1.54, 1.807) is 6.92 Å². The third-order valence-electron chi connectivity index (χ3n) is 3.43. The largest absolute Gasteiger partial charge is 0.361 e. The first kappa shape index (κ1) is 15.0. The highest BCUT2D eigenvalue weighted by atomic mass is 35.5. The van der Waals surface area contributed by atoms with E-state index in [1.165, 1.54) is 11.3 Å². The molecular weight excluding hydrogens is 322 g/mol. The molecule has 0 bridgehead atoms. The van der Waals surface area contributed by atoms with Crippen molar-refractivity contribution in [2.75, 3.05) is 5.32 Å². The molecule has 3 rings (SSSR count). The summed E-state index contributed by atoms with van der Waals surface area (Å²) in [5.74, 6) is 0.524. The lowest BCUT2D eigenvalue weighted by atomic mass is 10.1. The van der Waals surface area contributed by atoms with Crippen molar-refractivity contribution < 1.29 is 9.32 Å². The fraction of sp³-hybridized carbons (Fsp3) is 0.267. The topological polar surface area (TPSA) is 68.0 Å². The van der Waals surface area contributed by atoms with Crippen molar-refractivity contribution in [2.45, 2.75) is 27.2 Å². The molecule has 0 fully saturated rings. The van der Waals surface area contributed by atoms with Gasteiger partial charge in [0.1, 0.15) is 5.76 Å². The Morgan fingerprint density at radius 3 is 2.82 bits per heavy atom. The van der Waals surface area contributed by atoms with Gasteiger partial charge in [-0.05, 0) is 38.5 Å². The van der Waals surface area contributed by atoms with Gasteiger partial charge in [-0.2, -0.15) is 0 Å². The van der Waals surface area contributed by atoms with Gasteiger partial charge in [0.15, 0.2) is 5.13 Å². The Balaban J connectivity index is 1.79. The Kier molecular flexibility index (Phi) is 3.88. The monoisotopic (exact) mass is 335 g/mol. The number of anilines is 1. The zero-order valence-corrected chi connectivity index (χ0v) is 13.9. The zero-order valence-electron chi connectivity index (χ0n) is 12.4. The Morgan fingerprint density at radius 2 is 2.14 bits per heavy atom. The Hall–Kier alpha value is -1.92. The van der Waals surface area contributed by atoms with Gasteiger partial charge in [0.25, 0.3) is 0 Å². The smallest absolute Gasteiger partial charge is 0.230 e. The van der Waals surface area contributed by atoms with E-state index in [0.717, 1.165) is 27.0 Å². The highest BCUT2D eigenvalue weighted by Crippen LogP contribution is 2.30. The quantitative estimate of drug-likeness (QED) is 0.784. The summed E-state index contributed by atoms with van der Waals surface area (Å²) in [6.45, 7) is 5.56. The fourth-order valence-electron chi connectivity index (χ4n) is 2.18. The lowest BCUT2D eigenvalue weighted by molar-refractivity contribution is -0.115. The van der Waals surface area contributed by atoms with Gasteiger partial charge in [0.2, 0.25) is 5.91 Å². The summed E-state index contributed by atoms with van der Waals surface area (Å²) < 4.78 is 6.06. The van der Waals surface area contributed by atoms with E-state index in [1.807, 2.05) is 26.0 Å². The molecule has 0 aliphatic carbocycles. The molecule has 0 radical (unpaired) electrons. The van der Waals surface area contributed by atoms with Crippen molar-refractivity contribution in [1.29, 1.82) is 0 Å². The maximum atomic E-state index is 12.2. The van der Waals surface area contributed by atoms with Crippen molar-refractivity contribution in [3.63, 3.8) is 0 Å². The van der Waals surface area contributed by atoms with E-state index in [0.29, 0.717) is 15.9 Å². The van der Waals surface area contributed by atoms with Crippen LogP contribution in [-0.2, 0) is 11.2 Å². The van der Waals surface area contributed by atoms with Crippen LogP contribution in [0.25, 0.3) is 10.2 Å². The van der Waals surface area contributed by atoms with Crippen molar-refractivity contribution in [3.05, 3.63) is 39.7 Å². The van der Waals surface area contributed by atoms with Gasteiger partial charge >= 0.3 is 0 Å². The van der Waals surface area contributed by atoms with Crippen LogP contribution in [0.15, 0.2) is 16.7 Å². The summed E-state index contributed by atoms with van der Waals surface area (Å²) in [7, 11) is 0. The van der Waals surface area contributed by atoms with Gasteiger partial charge in [-0.15, -0.1) is 0 Å². The van der Waals surface area contributed by atoms with Gasteiger partial charge in [-0.3, -0.25) is 4.79 Å². The van der Waals surface area contributed by atoms with Crippen LogP contribution in [0.1, 0.15) is 22.6 Å². The van der Waals surface area contributed by atoms with Crippen molar-refractivity contribution in [3.8, 4) is 0 Å². The number of halogens is 1. The lowest BCUT2D eigenvalue weighted by Crippen LogP contribution is -2.14. The minimum absolute atomic E-state index is 0.142. The average Bonchev–Trinajstić information content (AvgIpc) is 2.96. The second-order valence-corrected chi connectivity index (χ2v) is 6.55. The molecule has 1 N–H and O–H groups in total. The number of carbonyl (C=O) groups is 1. The number of nitrogens with zero attached hydrogens (tertiary/aromatic N) is 2. The first-order valence-corrected chi connectivity index (χ1v) is 7.92. The van der Waals surface area contributed by atoms with E-state index in [4.69, 9.17) is 16.1 Å². The Morgan fingerprint density at radius 1 is 1.36 bits per heavy atom. The zero-order chi connectivity index (χ0) is 15.9. The van der Waals surface area contributed by atoms with E-state index in [-0.39, 0.29) is 12.3 Å². The second-order valence-electron chi connectivity index (χ2n) is 5.12. The molecule has 0 aliphatic rings. The number of rotatable bonds is 3. The van der Waals surface area contributed by atoms with Crippen LogP contribution in [0, 0.1) is 20.8 Å². The molecule has 1 aromatic carbocycles. The van der Waals surface area contributed by atoms with E-state index in [2.05, 4.69) is 15.5 Å². The molecule has 114 valence electrons. The van der Waals surface area contributed by atoms with Crippen LogP contribution >= 0.6 is 22.9 Å². The minimum atomic E-state index is -0.142. The molecule has 0 saturated carbocycles. The lowest BCUT2D eigenvalue weighted by Gasteiger charge is -2.00. The van der Waals surface area contributed by atoms with E-state index >= 15 is 0 Å². The van der Waals surface area contributed by atoms with Crippen LogP contribution in [0.3, 0.4) is 0 Å². The van der Waals surface area contributed by atoms with Crippen LogP contribution in [-0.4, -0.2) is 16.0 Å². The molecule has 2 aromatic heterocycles. The Labute approximate surface area is 136 Å². The normalized spacial score (nSPS) is 11.1. The summed E-state index contributed by atoms with van der Waals surface area (Å²) in [5.41, 5.74) is 3.33. The van der Waals surface area contributed by atoms with Crippen LogP contribution < -0.4 is 5.32 Å². The summed E-state index contributed by atoms with van der Waals surface area (Å²) >= 11 is 7.52. The first-order chi connectivity index (χ1) is 10.4. The summed E-state index contributed by atoms with van der Waals surface area (Å²) in [6.07, 6.45) is 0.219. The van der Waals surface area contributed by atoms with Crippen LogP contribution in [0.2, 0.25) is 5.02 Å². The van der Waals surface area contributed by atoms with Crippen LogP contribution in [0.5, 0.6) is 0 Å². The van der Waals surface area contributed by atoms with E-state index in [9.17, 15) is 4.79 Å². The summed E-state index contributed by atoms with van der Waals surface area (Å²) in [4.78, 5) is 16.5. The molecule has 5 nitrogen and oxygen atoms in total. The maximum Gasteiger partial charge on any atom is 0.230 e. The van der Waals surface area contributed by atoms with Crippen molar-refractivity contribution in [2.24, 2.45) is 0 Å². The summed E-state index contributed by atoms with van der Waals surface area (Å²) in [5, 5.41) is 7.90. The number of amides is 1. The molecule has 1 amide bonds. The minimum Gasteiger partial charge on any atom is -0.361 e. The number of benzene rings is 1. The molecule has 0 saturated heterocycles. The number of thiazole rings is 1. The highest BCUT2D eigenvalue weighted by Gasteiger charge is 2.15. The molecule has 2 heterocycles. The van der Waals surface area contributed by atoms with Gasteiger partial charge in [0, 0.05) is 10.6 Å². The number of hydrogen-bond donors (Lipinski definition) is 1. The van der Waals surface area contributed by atoms with Crippen molar-refractivity contribution >= 4 is 44.2 Å². The fourth-order valence-corrected chi connectivity index (χ4v) is 3.30. The van der Waals surface area contributed by atoms with Gasteiger partial charge in [-0.1, -0.05) is 28.1 Å². The van der Waals surface area contributed by atoms with Crippen molar-refractivity contribution in [1.82, 2.24) is 10.1 Å². The third-order valence-corrected chi connectivity index (χ3v) is 4.77. The predicted molar refractivity (Wildman–Crippen MR) is 87.7 cm³/mol. The average molecular weight is 336 g/mol. The number of aryl methyl sites for hydroxylation is 3. The maximum absolute atomic E-state index is 12.2. The first-order valence-electron chi connectivity index (χ1n) is 6.72. The molecule has 0 spiro atoms. The van der Waals surface area contributed by atoms with E-state index < -0.39 is 0 Å². The standard InChI is InChI=1S/C15H14ClN3O2S/c1-7-4-13-12(6-11(7)16)17-15(22-13)18-14(20)5-10-8(2)19-21-9(10)3/h4,6H,5H2,1-3H3,(H,17,18,20). The molecule has 3 aromatic rings. The highest BCUT2D eigenvalue weighted by molar-refractivity contribution is 7.22. The molecular formula is C15H14ClN3O2S. The number of nitrogens with one attached hydrogen (secondary N) is 1. The Bertz CT molecular complexity index is 811. The molecule has 0 unspecified atom stereocenters. The van der Waals surface area contributed by atoms with Crippen LogP contribution in [0.4, 0.5) is 5.13 Å². The number of aromatic nitrogens is 2. The molecule has 7 heteroatoms. The second kappa shape index (κ2) is 5.70. The third kappa shape index (κ3) is 2.84. The van der Waals surface area contributed by atoms with Gasteiger partial charge < -0.3 is 9.84 Å². The number of fused-ring (bicyclic) bond motifs is 1. The predicted octanol–water partition coefficient (Wildman–Crippen LogP) is 4.04. The van der Waals surface area contributed by atoms with Gasteiger partial charge in [-0.25, -0.2) is 4.98 Å². The number of carbonyl (C=O) groups excluding carboxylic acids is 1. The van der Waals surface area contributed by atoms with Gasteiger partial charge in [0.05, 0.1) is 22.3 Å². The SMILES string of the molecule is Cc1cc2sc(NC(=O)Cc3c(C)noc3C)nc2cc1Cl. The molecule has 22 heavy (non-hydrogen) atoms. The molecule has 0 aliphatic heterocycles.